The summed E-state index contributed by atoms with van der Waals surface area (Å²) in [4.78, 5) is 31.8. The van der Waals surface area contributed by atoms with E-state index >= 15 is 0 Å². The maximum atomic E-state index is 11.6. The molecule has 0 heterocycles. The number of nitrogens with two attached hydrogens (primary N) is 1. The Hall–Kier alpha value is -2.28. The molecule has 0 amide bonds. The lowest BCUT2D eigenvalue weighted by atomic mass is 10.1. The fourth-order valence-electron chi connectivity index (χ4n) is 1.25. The molecule has 0 spiro atoms. The molecule has 0 radical (unpaired) electrons. The van der Waals surface area contributed by atoms with Gasteiger partial charge in [-0.05, 0) is 12.1 Å². The maximum Gasteiger partial charge on any atom is 0.387 e. The molecule has 0 saturated heterocycles. The number of hydrogen-bond donors (Lipinski definition) is 1. The van der Waals surface area contributed by atoms with Crippen LogP contribution in [0.2, 0.25) is 0 Å². The van der Waals surface area contributed by atoms with Crippen molar-refractivity contribution in [2.24, 2.45) is 5.73 Å². The summed E-state index contributed by atoms with van der Waals surface area (Å²) in [5.41, 5.74) is 5.26. The first-order valence-corrected chi connectivity index (χ1v) is 5.15. The third-order valence-electron chi connectivity index (χ3n) is 2.16. The zero-order valence-electron chi connectivity index (χ0n) is 9.39. The van der Waals surface area contributed by atoms with E-state index < -0.39 is 23.0 Å². The van der Waals surface area contributed by atoms with Gasteiger partial charge in [0.1, 0.15) is 12.0 Å². The molecule has 2 atom stereocenters. The lowest BCUT2D eigenvalue weighted by Crippen LogP contribution is -2.39. The van der Waals surface area contributed by atoms with Crippen molar-refractivity contribution < 1.29 is 19.2 Å². The van der Waals surface area contributed by atoms with Crippen LogP contribution in [0.15, 0.2) is 30.3 Å². The van der Waals surface area contributed by atoms with Crippen molar-refractivity contribution in [2.75, 3.05) is 0 Å². The highest BCUT2D eigenvalue weighted by Crippen LogP contribution is 2.11. The fourth-order valence-corrected chi connectivity index (χ4v) is 1.25. The number of carbonyl (C=O) groups is 2. The SMILES string of the molecule is N[C@H](C=O)CC(C(=O)Oc1ccccc1)[N+](=O)[O-]. The Bertz CT molecular complexity index is 434. The second kappa shape index (κ2) is 6.45. The van der Waals surface area contributed by atoms with E-state index in [0.29, 0.717) is 6.29 Å². The number of esters is 1. The minimum atomic E-state index is -1.65. The van der Waals surface area contributed by atoms with Gasteiger partial charge in [0.25, 0.3) is 0 Å². The largest absolute Gasteiger partial charge is 0.421 e. The molecule has 0 fully saturated rings. The Kier molecular flexibility index (Phi) is 4.94. The number of nitrogens with zero attached hydrogens (tertiary/aromatic N) is 1. The average Bonchev–Trinajstić information content (AvgIpc) is 2.36. The predicted molar refractivity (Wildman–Crippen MR) is 61.5 cm³/mol. The quantitative estimate of drug-likeness (QED) is 0.253. The number of benzene rings is 1. The smallest absolute Gasteiger partial charge is 0.387 e. The molecular formula is C11H12N2O5. The van der Waals surface area contributed by atoms with Gasteiger partial charge >= 0.3 is 12.0 Å². The van der Waals surface area contributed by atoms with Gasteiger partial charge in [0.2, 0.25) is 0 Å². The number of rotatable bonds is 6. The van der Waals surface area contributed by atoms with Crippen LogP contribution in [0.1, 0.15) is 6.42 Å². The van der Waals surface area contributed by atoms with Crippen molar-refractivity contribution in [1.29, 1.82) is 0 Å². The maximum absolute atomic E-state index is 11.6. The van der Waals surface area contributed by atoms with Crippen LogP contribution >= 0.6 is 0 Å². The Labute approximate surface area is 103 Å². The minimum Gasteiger partial charge on any atom is -0.421 e. The van der Waals surface area contributed by atoms with Crippen LogP contribution in [-0.2, 0) is 9.59 Å². The van der Waals surface area contributed by atoms with Crippen molar-refractivity contribution in [3.05, 3.63) is 40.4 Å². The van der Waals surface area contributed by atoms with Crippen LogP contribution in [0.4, 0.5) is 0 Å². The van der Waals surface area contributed by atoms with Gasteiger partial charge in [0.15, 0.2) is 0 Å². The lowest BCUT2D eigenvalue weighted by molar-refractivity contribution is -0.510. The molecule has 7 nitrogen and oxygen atoms in total. The van der Waals surface area contributed by atoms with Gasteiger partial charge in [-0.25, -0.2) is 4.79 Å². The van der Waals surface area contributed by atoms with Crippen molar-refractivity contribution >= 4 is 12.3 Å². The zero-order chi connectivity index (χ0) is 13.5. The fraction of sp³-hybridized carbons (Fsp3) is 0.273. The minimum absolute atomic E-state index is 0.203. The number of hydrogen-bond acceptors (Lipinski definition) is 6. The van der Waals surface area contributed by atoms with Crippen molar-refractivity contribution in [3.8, 4) is 5.75 Å². The van der Waals surface area contributed by atoms with Gasteiger partial charge in [0.05, 0.1) is 6.04 Å². The van der Waals surface area contributed by atoms with E-state index in [-0.39, 0.29) is 12.2 Å². The molecule has 18 heavy (non-hydrogen) atoms. The molecule has 1 aromatic rings. The van der Waals surface area contributed by atoms with E-state index in [4.69, 9.17) is 10.5 Å². The standard InChI is InChI=1S/C11H12N2O5/c12-8(7-14)6-10(13(16)17)11(15)18-9-4-2-1-3-5-9/h1-5,7-8,10H,6,12H2/t8-,10?/m0/s1. The molecule has 1 unspecified atom stereocenters. The van der Waals surface area contributed by atoms with E-state index in [1.54, 1.807) is 18.2 Å². The second-order valence-corrected chi connectivity index (χ2v) is 3.57. The molecule has 96 valence electrons. The Morgan fingerprint density at radius 2 is 2.06 bits per heavy atom. The van der Waals surface area contributed by atoms with Crippen molar-refractivity contribution in [1.82, 2.24) is 0 Å². The molecule has 0 aliphatic carbocycles. The number of nitro groups is 1. The third-order valence-corrected chi connectivity index (χ3v) is 2.16. The first kappa shape index (κ1) is 13.8. The monoisotopic (exact) mass is 252 g/mol. The highest BCUT2D eigenvalue weighted by molar-refractivity contribution is 5.77. The average molecular weight is 252 g/mol. The van der Waals surface area contributed by atoms with Crippen LogP contribution in [0.5, 0.6) is 5.75 Å². The first-order valence-electron chi connectivity index (χ1n) is 5.15. The summed E-state index contributed by atoms with van der Waals surface area (Å²) in [6.45, 7) is 0. The van der Waals surface area contributed by atoms with Gasteiger partial charge in [-0.3, -0.25) is 10.1 Å². The summed E-state index contributed by atoms with van der Waals surface area (Å²) in [6, 6.07) is 5.24. The molecule has 0 saturated carbocycles. The second-order valence-electron chi connectivity index (χ2n) is 3.57. The molecule has 1 aromatic carbocycles. The Morgan fingerprint density at radius 3 is 2.56 bits per heavy atom. The number of ether oxygens (including phenoxy) is 1. The molecule has 7 heteroatoms. The van der Waals surface area contributed by atoms with Gasteiger partial charge in [-0.1, -0.05) is 18.2 Å². The molecule has 0 aromatic heterocycles. The van der Waals surface area contributed by atoms with Crippen LogP contribution < -0.4 is 10.5 Å². The summed E-state index contributed by atoms with van der Waals surface area (Å²) in [6.07, 6.45) is -0.0333. The Balaban J connectivity index is 2.71. The van der Waals surface area contributed by atoms with E-state index in [0.717, 1.165) is 0 Å². The number of carbonyl (C=O) groups excluding carboxylic acids is 2. The molecule has 2 N–H and O–H groups in total. The first-order chi connectivity index (χ1) is 8.54. The van der Waals surface area contributed by atoms with Crippen molar-refractivity contribution in [2.45, 2.75) is 18.5 Å². The highest BCUT2D eigenvalue weighted by Gasteiger charge is 2.33. The van der Waals surface area contributed by atoms with Crippen LogP contribution in [-0.4, -0.2) is 29.3 Å². The molecular weight excluding hydrogens is 240 g/mol. The topological polar surface area (TPSA) is 113 Å². The van der Waals surface area contributed by atoms with Gasteiger partial charge in [0, 0.05) is 11.3 Å². The third kappa shape index (κ3) is 3.95. The molecule has 0 bridgehead atoms. The van der Waals surface area contributed by atoms with Crippen LogP contribution in [0.25, 0.3) is 0 Å². The van der Waals surface area contributed by atoms with E-state index in [1.165, 1.54) is 12.1 Å². The number of para-hydroxylation sites is 1. The van der Waals surface area contributed by atoms with Gasteiger partial charge in [-0.15, -0.1) is 0 Å². The van der Waals surface area contributed by atoms with E-state index in [2.05, 4.69) is 0 Å². The summed E-state index contributed by atoms with van der Waals surface area (Å²) in [5, 5.41) is 10.7. The highest BCUT2D eigenvalue weighted by atomic mass is 16.6. The summed E-state index contributed by atoms with van der Waals surface area (Å²) < 4.78 is 4.83. The van der Waals surface area contributed by atoms with Crippen LogP contribution in [0.3, 0.4) is 0 Å². The van der Waals surface area contributed by atoms with Crippen molar-refractivity contribution in [3.63, 3.8) is 0 Å². The lowest BCUT2D eigenvalue weighted by Gasteiger charge is -2.10. The Morgan fingerprint density at radius 1 is 1.44 bits per heavy atom. The predicted octanol–water partition coefficient (Wildman–Crippen LogP) is 0.154. The van der Waals surface area contributed by atoms with Crippen LogP contribution in [0, 0.1) is 10.1 Å². The summed E-state index contributed by atoms with van der Waals surface area (Å²) in [5.74, 6) is -0.836. The zero-order valence-corrected chi connectivity index (χ0v) is 9.39. The molecule has 0 aliphatic heterocycles. The van der Waals surface area contributed by atoms with E-state index in [9.17, 15) is 19.7 Å². The number of aldehydes is 1. The molecule has 1 rings (SSSR count). The van der Waals surface area contributed by atoms with E-state index in [1.807, 2.05) is 0 Å². The summed E-state index contributed by atoms with van der Waals surface area (Å²) >= 11 is 0. The normalized spacial score (nSPS) is 13.4. The van der Waals surface area contributed by atoms with Gasteiger partial charge < -0.3 is 15.3 Å². The molecule has 0 aliphatic rings. The van der Waals surface area contributed by atoms with Gasteiger partial charge in [-0.2, -0.15) is 0 Å². The summed E-state index contributed by atoms with van der Waals surface area (Å²) in [7, 11) is 0.